The molecule has 0 aliphatic rings. The number of pyridine rings is 1. The maximum Gasteiger partial charge on any atom is 0.251 e. The van der Waals surface area contributed by atoms with Gasteiger partial charge in [-0.3, -0.25) is 4.79 Å². The van der Waals surface area contributed by atoms with Crippen LogP contribution < -0.4 is 5.56 Å². The molecule has 0 unspecified atom stereocenters. The van der Waals surface area contributed by atoms with E-state index in [1.165, 1.54) is 0 Å². The van der Waals surface area contributed by atoms with Crippen LogP contribution in [0.15, 0.2) is 87.4 Å². The van der Waals surface area contributed by atoms with Crippen LogP contribution in [0.1, 0.15) is 5.56 Å². The predicted molar refractivity (Wildman–Crippen MR) is 115 cm³/mol. The van der Waals surface area contributed by atoms with Gasteiger partial charge < -0.3 is 4.57 Å². The third-order valence-corrected chi connectivity index (χ3v) is 5.82. The van der Waals surface area contributed by atoms with Gasteiger partial charge in [0.15, 0.2) is 0 Å². The lowest BCUT2D eigenvalue weighted by molar-refractivity contribution is 0.906. The molecule has 0 atom stereocenters. The van der Waals surface area contributed by atoms with E-state index < -0.39 is 0 Å². The minimum atomic E-state index is -0.0806. The van der Waals surface area contributed by atoms with Crippen molar-refractivity contribution in [2.24, 2.45) is 7.05 Å². The third kappa shape index (κ3) is 3.55. The van der Waals surface area contributed by atoms with Crippen molar-refractivity contribution in [3.05, 3.63) is 93.7 Å². The molecule has 0 aliphatic heterocycles. The summed E-state index contributed by atoms with van der Waals surface area (Å²) in [5.74, 6) is 0. The maximum absolute atomic E-state index is 12.5. The molecule has 0 spiro atoms. The number of hydrogen-bond acceptors (Lipinski definition) is 3. The molecule has 5 heteroatoms. The van der Waals surface area contributed by atoms with E-state index in [9.17, 15) is 10.1 Å². The van der Waals surface area contributed by atoms with E-state index in [1.54, 1.807) is 35.5 Å². The van der Waals surface area contributed by atoms with Gasteiger partial charge in [-0.15, -0.1) is 0 Å². The van der Waals surface area contributed by atoms with Crippen LogP contribution in [-0.4, -0.2) is 4.57 Å². The monoisotopic (exact) mass is 402 g/mol. The molecule has 0 radical (unpaired) electrons. The lowest BCUT2D eigenvalue weighted by Crippen LogP contribution is -2.16. The SMILES string of the molecule is Cn1c(=O)cc(-c2cccc(C#N)c2)c2cc(Sc3ccc(Cl)cc3)ccc21. The molecule has 28 heavy (non-hydrogen) atoms. The summed E-state index contributed by atoms with van der Waals surface area (Å²) in [6.45, 7) is 0. The van der Waals surface area contributed by atoms with Gasteiger partial charge in [-0.25, -0.2) is 0 Å². The number of fused-ring (bicyclic) bond motifs is 1. The molecular weight excluding hydrogens is 388 g/mol. The van der Waals surface area contributed by atoms with E-state index in [-0.39, 0.29) is 5.56 Å². The van der Waals surface area contributed by atoms with Gasteiger partial charge in [0.05, 0.1) is 17.1 Å². The third-order valence-electron chi connectivity index (χ3n) is 4.57. The fourth-order valence-electron chi connectivity index (χ4n) is 3.14. The van der Waals surface area contributed by atoms with Gasteiger partial charge in [-0.2, -0.15) is 5.26 Å². The zero-order valence-electron chi connectivity index (χ0n) is 15.0. The highest BCUT2D eigenvalue weighted by molar-refractivity contribution is 7.99. The summed E-state index contributed by atoms with van der Waals surface area (Å²) in [4.78, 5) is 14.6. The summed E-state index contributed by atoms with van der Waals surface area (Å²) in [5, 5.41) is 10.9. The first-order chi connectivity index (χ1) is 13.5. The van der Waals surface area contributed by atoms with Crippen LogP contribution in [0.4, 0.5) is 0 Å². The Kier molecular flexibility index (Phi) is 4.95. The Balaban J connectivity index is 1.89. The molecule has 0 saturated heterocycles. The highest BCUT2D eigenvalue weighted by Gasteiger charge is 2.11. The Labute approximate surface area is 171 Å². The standard InChI is InChI=1S/C23H15ClN2OS/c1-26-22-10-9-19(28-18-7-5-17(24)6-8-18)12-21(22)20(13-23(26)27)16-4-2-3-15(11-16)14-25/h2-13H,1H3. The van der Waals surface area contributed by atoms with Crippen LogP contribution in [0, 0.1) is 11.3 Å². The molecular formula is C23H15ClN2OS. The van der Waals surface area contributed by atoms with Crippen molar-refractivity contribution in [3.8, 4) is 17.2 Å². The number of halogens is 1. The van der Waals surface area contributed by atoms with E-state index in [0.29, 0.717) is 10.6 Å². The van der Waals surface area contributed by atoms with E-state index >= 15 is 0 Å². The highest BCUT2D eigenvalue weighted by Crippen LogP contribution is 2.34. The van der Waals surface area contributed by atoms with Crippen molar-refractivity contribution in [3.63, 3.8) is 0 Å². The molecule has 0 amide bonds. The second kappa shape index (κ2) is 7.55. The van der Waals surface area contributed by atoms with Crippen molar-refractivity contribution in [1.29, 1.82) is 5.26 Å². The molecule has 1 aromatic heterocycles. The first-order valence-corrected chi connectivity index (χ1v) is 9.82. The number of nitriles is 1. The van der Waals surface area contributed by atoms with E-state index in [2.05, 4.69) is 12.1 Å². The molecule has 4 rings (SSSR count). The Morgan fingerprint density at radius 3 is 2.46 bits per heavy atom. The second-order valence-electron chi connectivity index (χ2n) is 6.38. The van der Waals surface area contributed by atoms with Crippen LogP contribution >= 0.6 is 23.4 Å². The molecule has 1 heterocycles. The molecule has 136 valence electrons. The quantitative estimate of drug-likeness (QED) is 0.429. The van der Waals surface area contributed by atoms with Crippen LogP contribution in [-0.2, 0) is 7.05 Å². The lowest BCUT2D eigenvalue weighted by atomic mass is 9.99. The topological polar surface area (TPSA) is 45.8 Å². The number of aromatic nitrogens is 1. The largest absolute Gasteiger partial charge is 0.311 e. The summed E-state index contributed by atoms with van der Waals surface area (Å²) in [6.07, 6.45) is 0. The first kappa shape index (κ1) is 18.4. The normalized spacial score (nSPS) is 10.8. The van der Waals surface area contributed by atoms with Crippen molar-refractivity contribution < 1.29 is 0 Å². The maximum atomic E-state index is 12.5. The highest BCUT2D eigenvalue weighted by atomic mass is 35.5. The Morgan fingerprint density at radius 2 is 1.71 bits per heavy atom. The van der Waals surface area contributed by atoms with Gasteiger partial charge >= 0.3 is 0 Å². The van der Waals surface area contributed by atoms with Crippen molar-refractivity contribution >= 4 is 34.3 Å². The van der Waals surface area contributed by atoms with Gasteiger partial charge in [-0.1, -0.05) is 35.5 Å². The number of nitrogens with zero attached hydrogens (tertiary/aromatic N) is 2. The summed E-state index contributed by atoms with van der Waals surface area (Å²) < 4.78 is 1.64. The Bertz CT molecular complexity index is 1290. The van der Waals surface area contributed by atoms with Crippen LogP contribution in [0.25, 0.3) is 22.0 Å². The van der Waals surface area contributed by atoms with Gasteiger partial charge in [0, 0.05) is 33.3 Å². The van der Waals surface area contributed by atoms with E-state index in [0.717, 1.165) is 31.8 Å². The van der Waals surface area contributed by atoms with E-state index in [1.807, 2.05) is 54.6 Å². The molecule has 0 N–H and O–H groups in total. The minimum absolute atomic E-state index is 0.0806. The minimum Gasteiger partial charge on any atom is -0.311 e. The number of aryl methyl sites for hydroxylation is 1. The molecule has 0 bridgehead atoms. The van der Waals surface area contributed by atoms with Crippen LogP contribution in [0.3, 0.4) is 0 Å². The molecule has 3 aromatic carbocycles. The van der Waals surface area contributed by atoms with Crippen LogP contribution in [0.5, 0.6) is 0 Å². The average molecular weight is 403 g/mol. The van der Waals surface area contributed by atoms with Crippen molar-refractivity contribution in [1.82, 2.24) is 4.57 Å². The molecule has 0 saturated carbocycles. The number of hydrogen-bond donors (Lipinski definition) is 0. The average Bonchev–Trinajstić information content (AvgIpc) is 2.72. The first-order valence-electron chi connectivity index (χ1n) is 8.63. The zero-order chi connectivity index (χ0) is 19.7. The number of rotatable bonds is 3. The van der Waals surface area contributed by atoms with E-state index in [4.69, 9.17) is 11.6 Å². The zero-order valence-corrected chi connectivity index (χ0v) is 16.6. The van der Waals surface area contributed by atoms with Crippen molar-refractivity contribution in [2.75, 3.05) is 0 Å². The smallest absolute Gasteiger partial charge is 0.251 e. The van der Waals surface area contributed by atoms with Gasteiger partial charge in [-0.05, 0) is 65.7 Å². The molecule has 3 nitrogen and oxygen atoms in total. The Morgan fingerprint density at radius 1 is 0.964 bits per heavy atom. The van der Waals surface area contributed by atoms with Crippen LogP contribution in [0.2, 0.25) is 5.02 Å². The summed E-state index contributed by atoms with van der Waals surface area (Å²) in [6, 6.07) is 24.9. The second-order valence-corrected chi connectivity index (χ2v) is 7.97. The lowest BCUT2D eigenvalue weighted by Gasteiger charge is -2.12. The molecule has 0 aliphatic carbocycles. The summed E-state index contributed by atoms with van der Waals surface area (Å²) in [5.41, 5.74) is 3.02. The summed E-state index contributed by atoms with van der Waals surface area (Å²) in [7, 11) is 1.77. The van der Waals surface area contributed by atoms with Gasteiger partial charge in [0.2, 0.25) is 0 Å². The molecule has 4 aromatic rings. The Hall–Kier alpha value is -3.00. The van der Waals surface area contributed by atoms with Gasteiger partial charge in [0.1, 0.15) is 0 Å². The van der Waals surface area contributed by atoms with Crippen molar-refractivity contribution in [2.45, 2.75) is 9.79 Å². The molecule has 0 fully saturated rings. The summed E-state index contributed by atoms with van der Waals surface area (Å²) >= 11 is 7.61. The van der Waals surface area contributed by atoms with Gasteiger partial charge in [0.25, 0.3) is 5.56 Å². The fraction of sp³-hybridized carbons (Fsp3) is 0.0435. The fourth-order valence-corrected chi connectivity index (χ4v) is 4.12. The predicted octanol–water partition coefficient (Wildman–Crippen LogP) is 5.88. The number of benzene rings is 3.